The molecule has 1 aromatic rings. The van der Waals surface area contributed by atoms with Crippen molar-refractivity contribution in [3.8, 4) is 0 Å². The first-order valence-corrected chi connectivity index (χ1v) is 9.11. The third kappa shape index (κ3) is 4.24. The number of aryl methyl sites for hydroxylation is 2. The number of ether oxygens (including phenoxy) is 1. The monoisotopic (exact) mass is 336 g/mol. The predicted octanol–water partition coefficient (Wildman–Crippen LogP) is 5.51. The van der Waals surface area contributed by atoms with Crippen LogP contribution in [0.15, 0.2) is 6.08 Å². The highest BCUT2D eigenvalue weighted by Gasteiger charge is 2.33. The van der Waals surface area contributed by atoms with E-state index in [9.17, 15) is 9.90 Å². The van der Waals surface area contributed by atoms with Gasteiger partial charge in [-0.3, -0.25) is 0 Å². The molecule has 1 aromatic heterocycles. The van der Waals surface area contributed by atoms with E-state index in [-0.39, 0.29) is 0 Å². The van der Waals surface area contributed by atoms with Crippen molar-refractivity contribution in [2.75, 3.05) is 0 Å². The maximum atomic E-state index is 11.9. The quantitative estimate of drug-likeness (QED) is 0.788. The molecule has 2 rings (SSSR count). The average Bonchev–Trinajstić information content (AvgIpc) is 2.70. The zero-order chi connectivity index (χ0) is 17.4. The van der Waals surface area contributed by atoms with Gasteiger partial charge in [0.1, 0.15) is 0 Å². The van der Waals surface area contributed by atoms with Gasteiger partial charge in [-0.25, -0.2) is 4.79 Å². The van der Waals surface area contributed by atoms with Gasteiger partial charge >= 0.3 is 5.97 Å². The summed E-state index contributed by atoms with van der Waals surface area (Å²) in [5.74, 6) is -0.199. The van der Waals surface area contributed by atoms with Gasteiger partial charge in [0.05, 0.1) is 5.60 Å². The molecular formula is C19H28O3S. The van der Waals surface area contributed by atoms with Crippen LogP contribution >= 0.6 is 11.3 Å². The molecule has 1 heterocycles. The third-order valence-corrected chi connectivity index (χ3v) is 5.30. The average molecular weight is 336 g/mol. The minimum atomic E-state index is -0.910. The van der Waals surface area contributed by atoms with E-state index in [4.69, 9.17) is 4.74 Å². The first-order chi connectivity index (χ1) is 10.6. The molecule has 4 heteroatoms. The Morgan fingerprint density at radius 1 is 1.35 bits per heavy atom. The van der Waals surface area contributed by atoms with Gasteiger partial charge in [0.2, 0.25) is 0 Å². The fourth-order valence-corrected chi connectivity index (χ4v) is 4.32. The lowest BCUT2D eigenvalue weighted by molar-refractivity contribution is -0.160. The number of carboxylic acids is 1. The first-order valence-electron chi connectivity index (χ1n) is 8.30. The summed E-state index contributed by atoms with van der Waals surface area (Å²) in [6.07, 6.45) is 4.64. The molecule has 0 aromatic carbocycles. The van der Waals surface area contributed by atoms with Crippen LogP contribution in [-0.4, -0.2) is 16.7 Å². The lowest BCUT2D eigenvalue weighted by Gasteiger charge is -2.27. The molecule has 23 heavy (non-hydrogen) atoms. The summed E-state index contributed by atoms with van der Waals surface area (Å²) in [6.45, 7) is 12.1. The molecule has 0 amide bonds. The second kappa shape index (κ2) is 6.78. The van der Waals surface area contributed by atoms with Gasteiger partial charge in [0, 0.05) is 15.3 Å². The van der Waals surface area contributed by atoms with E-state index in [0.717, 1.165) is 35.3 Å². The smallest absolute Gasteiger partial charge is 0.337 e. The van der Waals surface area contributed by atoms with Crippen molar-refractivity contribution >= 4 is 22.9 Å². The molecule has 1 N–H and O–H groups in total. The Balaban J connectivity index is 2.51. The number of hydrogen-bond acceptors (Lipinski definition) is 3. The van der Waals surface area contributed by atoms with Crippen LogP contribution < -0.4 is 0 Å². The van der Waals surface area contributed by atoms with E-state index in [1.807, 2.05) is 27.7 Å². The molecule has 0 saturated carbocycles. The van der Waals surface area contributed by atoms with Crippen molar-refractivity contribution in [3.05, 3.63) is 27.0 Å². The van der Waals surface area contributed by atoms with Crippen LogP contribution in [-0.2, 0) is 9.53 Å². The van der Waals surface area contributed by atoms with Crippen LogP contribution in [0.4, 0.5) is 0 Å². The highest BCUT2D eigenvalue weighted by atomic mass is 32.1. The fourth-order valence-electron chi connectivity index (χ4n) is 3.19. The van der Waals surface area contributed by atoms with Crippen molar-refractivity contribution in [3.63, 3.8) is 0 Å². The summed E-state index contributed by atoms with van der Waals surface area (Å²) < 4.78 is 5.91. The van der Waals surface area contributed by atoms with E-state index in [0.29, 0.717) is 5.92 Å². The lowest BCUT2D eigenvalue weighted by atomic mass is 9.85. The molecule has 1 aliphatic carbocycles. The second-order valence-electron chi connectivity index (χ2n) is 7.56. The molecule has 2 unspecified atom stereocenters. The van der Waals surface area contributed by atoms with Crippen LogP contribution in [0.1, 0.15) is 73.9 Å². The van der Waals surface area contributed by atoms with Crippen LogP contribution in [0.3, 0.4) is 0 Å². The fraction of sp³-hybridized carbons (Fsp3) is 0.632. The summed E-state index contributed by atoms with van der Waals surface area (Å²) >= 11 is 1.68. The highest BCUT2D eigenvalue weighted by molar-refractivity contribution is 7.12. The number of aliphatic carboxylic acids is 1. The predicted molar refractivity (Wildman–Crippen MR) is 96.0 cm³/mol. The summed E-state index contributed by atoms with van der Waals surface area (Å²) in [7, 11) is 0. The molecule has 0 fully saturated rings. The van der Waals surface area contributed by atoms with Crippen molar-refractivity contribution < 1.29 is 14.6 Å². The largest absolute Gasteiger partial charge is 0.479 e. The van der Waals surface area contributed by atoms with Crippen LogP contribution in [0.2, 0.25) is 0 Å². The number of hydrogen-bond donors (Lipinski definition) is 1. The van der Waals surface area contributed by atoms with E-state index in [1.54, 1.807) is 11.3 Å². The number of rotatable bonds is 4. The summed E-state index contributed by atoms with van der Waals surface area (Å²) in [5.41, 5.74) is 2.77. The first kappa shape index (κ1) is 18.2. The third-order valence-electron chi connectivity index (χ3n) is 4.26. The molecule has 0 bridgehead atoms. The minimum Gasteiger partial charge on any atom is -0.479 e. The number of carbonyl (C=O) groups is 1. The van der Waals surface area contributed by atoms with Crippen molar-refractivity contribution in [2.24, 2.45) is 5.92 Å². The molecule has 3 nitrogen and oxygen atoms in total. The van der Waals surface area contributed by atoms with Gasteiger partial charge in [-0.15, -0.1) is 11.3 Å². The number of carboxylic acid groups (broad SMARTS) is 1. The Labute approximate surface area is 143 Å². The Bertz CT molecular complexity index is 619. The summed E-state index contributed by atoms with van der Waals surface area (Å²) in [5, 5.41) is 9.75. The Morgan fingerprint density at radius 2 is 2.00 bits per heavy atom. The number of allylic oxidation sites excluding steroid dienone is 2. The van der Waals surface area contributed by atoms with Crippen molar-refractivity contribution in [2.45, 2.75) is 72.5 Å². The van der Waals surface area contributed by atoms with Gasteiger partial charge in [-0.2, -0.15) is 0 Å². The summed E-state index contributed by atoms with van der Waals surface area (Å²) in [4.78, 5) is 14.1. The number of thiophene rings is 1. The topological polar surface area (TPSA) is 46.5 Å². The van der Waals surface area contributed by atoms with E-state index >= 15 is 0 Å². The maximum Gasteiger partial charge on any atom is 0.337 e. The molecular weight excluding hydrogens is 308 g/mol. The lowest BCUT2D eigenvalue weighted by Crippen LogP contribution is -2.28. The normalized spacial score (nSPS) is 20.3. The molecule has 0 saturated heterocycles. The molecule has 1 aliphatic rings. The van der Waals surface area contributed by atoms with Crippen molar-refractivity contribution in [1.82, 2.24) is 0 Å². The molecule has 128 valence electrons. The van der Waals surface area contributed by atoms with Crippen molar-refractivity contribution in [1.29, 1.82) is 0 Å². The molecule has 0 radical (unpaired) electrons. The second-order valence-corrected chi connectivity index (χ2v) is 8.99. The highest BCUT2D eigenvalue weighted by Crippen LogP contribution is 2.42. The Hall–Kier alpha value is -1.13. The summed E-state index contributed by atoms with van der Waals surface area (Å²) in [6, 6.07) is 0. The zero-order valence-corrected chi connectivity index (χ0v) is 15.8. The molecule has 0 spiro atoms. The van der Waals surface area contributed by atoms with E-state index in [2.05, 4.69) is 19.9 Å². The van der Waals surface area contributed by atoms with Gasteiger partial charge in [0.25, 0.3) is 0 Å². The Kier molecular flexibility index (Phi) is 5.37. The standard InChI is InChI=1S/C19H28O3S/c1-11-7-9-14(10-8-11)15-12(2)23-13(3)16(15)17(18(20)21)22-19(4,5)6/h9,11,17H,7-8,10H2,1-6H3,(H,20,21). The van der Waals surface area contributed by atoms with Gasteiger partial charge in [-0.1, -0.05) is 13.0 Å². The SMILES string of the molecule is Cc1sc(C)c(C(OC(C)(C)C)C(=O)O)c1C1=CCC(C)CC1. The minimum absolute atomic E-state index is 0.502. The molecule has 2 atom stereocenters. The van der Waals surface area contributed by atoms with Crippen LogP contribution in [0, 0.1) is 19.8 Å². The van der Waals surface area contributed by atoms with Crippen LogP contribution in [0.5, 0.6) is 0 Å². The maximum absolute atomic E-state index is 11.9. The van der Waals surface area contributed by atoms with E-state index in [1.165, 1.54) is 10.5 Å². The zero-order valence-electron chi connectivity index (χ0n) is 15.0. The van der Waals surface area contributed by atoms with Crippen LogP contribution in [0.25, 0.3) is 5.57 Å². The van der Waals surface area contributed by atoms with Gasteiger partial charge in [-0.05, 0) is 70.9 Å². The van der Waals surface area contributed by atoms with E-state index < -0.39 is 17.7 Å². The Morgan fingerprint density at radius 3 is 2.48 bits per heavy atom. The van der Waals surface area contributed by atoms with Gasteiger partial charge in [0.15, 0.2) is 6.10 Å². The molecule has 0 aliphatic heterocycles. The van der Waals surface area contributed by atoms with Gasteiger partial charge < -0.3 is 9.84 Å².